The molecule has 1 aromatic carbocycles. The average Bonchev–Trinajstić information content (AvgIpc) is 3.05. The Bertz CT molecular complexity index is 714. The van der Waals surface area contributed by atoms with Crippen LogP contribution in [0.5, 0.6) is 11.6 Å². The van der Waals surface area contributed by atoms with Crippen molar-refractivity contribution in [2.45, 2.75) is 6.42 Å². The standard InChI is InChI=1S/C16H15N3O2S/c1-20-14-6-4-12(5-7-14)8-10-21-16-15(18-22-19-16)13-3-2-9-17-11-13/h2-7,9,11H,8,10H2,1H3. The van der Waals surface area contributed by atoms with Crippen molar-refractivity contribution in [3.05, 3.63) is 54.4 Å². The topological polar surface area (TPSA) is 57.1 Å². The van der Waals surface area contributed by atoms with E-state index < -0.39 is 0 Å². The quantitative estimate of drug-likeness (QED) is 0.699. The molecule has 0 aliphatic heterocycles. The Balaban J connectivity index is 1.61. The lowest BCUT2D eigenvalue weighted by molar-refractivity contribution is 0.313. The molecule has 2 aromatic heterocycles. The van der Waals surface area contributed by atoms with Gasteiger partial charge in [-0.25, -0.2) is 0 Å². The fraction of sp³-hybridized carbons (Fsp3) is 0.188. The summed E-state index contributed by atoms with van der Waals surface area (Å²) in [4.78, 5) is 4.10. The molecule has 112 valence electrons. The molecule has 0 unspecified atom stereocenters. The molecule has 0 spiro atoms. The second kappa shape index (κ2) is 7.00. The smallest absolute Gasteiger partial charge is 0.254 e. The summed E-state index contributed by atoms with van der Waals surface area (Å²) < 4.78 is 19.4. The van der Waals surface area contributed by atoms with Crippen LogP contribution in [0.2, 0.25) is 0 Å². The van der Waals surface area contributed by atoms with Crippen molar-refractivity contribution < 1.29 is 9.47 Å². The molecule has 0 radical (unpaired) electrons. The second-order valence-corrected chi connectivity index (χ2v) is 5.13. The van der Waals surface area contributed by atoms with E-state index in [1.54, 1.807) is 19.5 Å². The number of methoxy groups -OCH3 is 1. The van der Waals surface area contributed by atoms with E-state index in [0.717, 1.165) is 35.2 Å². The fourth-order valence-electron chi connectivity index (χ4n) is 2.01. The first-order valence-electron chi connectivity index (χ1n) is 6.85. The van der Waals surface area contributed by atoms with Gasteiger partial charge in [0.05, 0.1) is 25.4 Å². The molecule has 3 aromatic rings. The van der Waals surface area contributed by atoms with Gasteiger partial charge in [-0.05, 0) is 29.8 Å². The van der Waals surface area contributed by atoms with Crippen LogP contribution in [-0.4, -0.2) is 27.4 Å². The minimum atomic E-state index is 0.547. The monoisotopic (exact) mass is 313 g/mol. The molecule has 22 heavy (non-hydrogen) atoms. The van der Waals surface area contributed by atoms with Gasteiger partial charge in [-0.1, -0.05) is 12.1 Å². The fourth-order valence-corrected chi connectivity index (χ4v) is 2.53. The van der Waals surface area contributed by atoms with Crippen molar-refractivity contribution in [3.63, 3.8) is 0 Å². The summed E-state index contributed by atoms with van der Waals surface area (Å²) >= 11 is 1.14. The molecule has 0 fully saturated rings. The van der Waals surface area contributed by atoms with Crippen LogP contribution in [0.15, 0.2) is 48.8 Å². The van der Waals surface area contributed by atoms with Crippen LogP contribution in [-0.2, 0) is 6.42 Å². The molecule has 0 atom stereocenters. The SMILES string of the molecule is COc1ccc(CCOc2nsnc2-c2cccnc2)cc1. The third-order valence-electron chi connectivity index (χ3n) is 3.18. The maximum Gasteiger partial charge on any atom is 0.254 e. The van der Waals surface area contributed by atoms with Gasteiger partial charge in [0.2, 0.25) is 0 Å². The zero-order chi connectivity index (χ0) is 15.2. The summed E-state index contributed by atoms with van der Waals surface area (Å²) in [6.07, 6.45) is 4.29. The van der Waals surface area contributed by atoms with Crippen LogP contribution in [0, 0.1) is 0 Å². The molecule has 6 heteroatoms. The van der Waals surface area contributed by atoms with Crippen molar-refractivity contribution >= 4 is 11.7 Å². The molecule has 3 rings (SSSR count). The number of benzene rings is 1. The van der Waals surface area contributed by atoms with E-state index in [1.807, 2.05) is 36.4 Å². The van der Waals surface area contributed by atoms with Gasteiger partial charge in [-0.3, -0.25) is 4.98 Å². The molecule has 0 aliphatic rings. The number of ether oxygens (including phenoxy) is 2. The Morgan fingerprint density at radius 3 is 2.68 bits per heavy atom. The van der Waals surface area contributed by atoms with Crippen LogP contribution < -0.4 is 9.47 Å². The molecule has 0 saturated carbocycles. The number of hydrogen-bond donors (Lipinski definition) is 0. The first-order valence-corrected chi connectivity index (χ1v) is 7.58. The Labute approximate surface area is 132 Å². The van der Waals surface area contributed by atoms with E-state index in [4.69, 9.17) is 9.47 Å². The number of rotatable bonds is 6. The Hall–Kier alpha value is -2.47. The zero-order valence-corrected chi connectivity index (χ0v) is 12.9. The van der Waals surface area contributed by atoms with Crippen molar-refractivity contribution in [1.29, 1.82) is 0 Å². The zero-order valence-electron chi connectivity index (χ0n) is 12.1. The van der Waals surface area contributed by atoms with Gasteiger partial charge < -0.3 is 9.47 Å². The van der Waals surface area contributed by atoms with Gasteiger partial charge in [0.1, 0.15) is 11.4 Å². The van der Waals surface area contributed by atoms with Crippen LogP contribution in [0.4, 0.5) is 0 Å². The number of hydrogen-bond acceptors (Lipinski definition) is 6. The number of aromatic nitrogens is 3. The Morgan fingerprint density at radius 2 is 1.95 bits per heavy atom. The summed E-state index contributed by atoms with van der Waals surface area (Å²) in [7, 11) is 1.66. The maximum atomic E-state index is 5.77. The predicted molar refractivity (Wildman–Crippen MR) is 85.3 cm³/mol. The lowest BCUT2D eigenvalue weighted by atomic mass is 10.1. The van der Waals surface area contributed by atoms with Crippen molar-refractivity contribution in [3.8, 4) is 22.9 Å². The number of pyridine rings is 1. The molecule has 2 heterocycles. The van der Waals surface area contributed by atoms with Gasteiger partial charge in [-0.15, -0.1) is 4.37 Å². The minimum absolute atomic E-state index is 0.547. The van der Waals surface area contributed by atoms with Gasteiger partial charge >= 0.3 is 0 Å². The molecular formula is C16H15N3O2S. The molecule has 0 bridgehead atoms. The third-order valence-corrected chi connectivity index (χ3v) is 3.69. The van der Waals surface area contributed by atoms with E-state index in [1.165, 1.54) is 5.56 Å². The second-order valence-electron chi connectivity index (χ2n) is 4.61. The van der Waals surface area contributed by atoms with E-state index in [2.05, 4.69) is 13.7 Å². The van der Waals surface area contributed by atoms with Crippen LogP contribution in [0.3, 0.4) is 0 Å². The molecular weight excluding hydrogens is 298 g/mol. The largest absolute Gasteiger partial charge is 0.497 e. The first kappa shape index (κ1) is 14.5. The minimum Gasteiger partial charge on any atom is -0.497 e. The summed E-state index contributed by atoms with van der Waals surface area (Å²) in [6, 6.07) is 11.8. The van der Waals surface area contributed by atoms with Gasteiger partial charge in [0.15, 0.2) is 0 Å². The van der Waals surface area contributed by atoms with Crippen LogP contribution in [0.1, 0.15) is 5.56 Å². The van der Waals surface area contributed by atoms with E-state index in [9.17, 15) is 0 Å². The van der Waals surface area contributed by atoms with Crippen molar-refractivity contribution in [2.75, 3.05) is 13.7 Å². The van der Waals surface area contributed by atoms with E-state index in [0.29, 0.717) is 12.5 Å². The summed E-state index contributed by atoms with van der Waals surface area (Å²) in [5, 5.41) is 0. The third kappa shape index (κ3) is 3.40. The lowest BCUT2D eigenvalue weighted by Crippen LogP contribution is -2.02. The Kier molecular flexibility index (Phi) is 4.60. The van der Waals surface area contributed by atoms with E-state index in [-0.39, 0.29) is 0 Å². The Morgan fingerprint density at radius 1 is 1.09 bits per heavy atom. The molecule has 0 amide bonds. The lowest BCUT2D eigenvalue weighted by Gasteiger charge is -2.06. The highest BCUT2D eigenvalue weighted by Crippen LogP contribution is 2.27. The summed E-state index contributed by atoms with van der Waals surface area (Å²) in [5.74, 6) is 1.42. The van der Waals surface area contributed by atoms with Crippen molar-refractivity contribution in [1.82, 2.24) is 13.7 Å². The van der Waals surface area contributed by atoms with Crippen LogP contribution >= 0.6 is 11.7 Å². The highest BCUT2D eigenvalue weighted by molar-refractivity contribution is 6.99. The van der Waals surface area contributed by atoms with Gasteiger partial charge in [0.25, 0.3) is 5.88 Å². The normalized spacial score (nSPS) is 10.4. The summed E-state index contributed by atoms with van der Waals surface area (Å²) in [6.45, 7) is 0.547. The van der Waals surface area contributed by atoms with Gasteiger partial charge in [-0.2, -0.15) is 4.37 Å². The predicted octanol–water partition coefficient (Wildman–Crippen LogP) is 3.23. The van der Waals surface area contributed by atoms with Gasteiger partial charge in [0, 0.05) is 24.4 Å². The van der Waals surface area contributed by atoms with Crippen LogP contribution in [0.25, 0.3) is 11.3 Å². The highest BCUT2D eigenvalue weighted by atomic mass is 32.1. The molecule has 0 aliphatic carbocycles. The molecule has 0 saturated heterocycles. The summed E-state index contributed by atoms with van der Waals surface area (Å²) in [5.41, 5.74) is 2.84. The first-order chi connectivity index (χ1) is 10.9. The number of nitrogens with zero attached hydrogens (tertiary/aromatic N) is 3. The molecule has 5 nitrogen and oxygen atoms in total. The maximum absolute atomic E-state index is 5.77. The van der Waals surface area contributed by atoms with Crippen molar-refractivity contribution in [2.24, 2.45) is 0 Å². The molecule has 0 N–H and O–H groups in total. The highest BCUT2D eigenvalue weighted by Gasteiger charge is 2.11. The van der Waals surface area contributed by atoms with E-state index >= 15 is 0 Å². The average molecular weight is 313 g/mol.